The van der Waals surface area contributed by atoms with Gasteiger partial charge in [-0.05, 0) is 107 Å². The zero-order valence-electron chi connectivity index (χ0n) is 32.2. The van der Waals surface area contributed by atoms with E-state index in [4.69, 9.17) is 4.98 Å². The summed E-state index contributed by atoms with van der Waals surface area (Å²) in [5, 5.41) is 5.95. The maximum absolute atomic E-state index is 13.9. The van der Waals surface area contributed by atoms with Gasteiger partial charge >= 0.3 is 0 Å². The molecule has 302 valence electrons. The van der Waals surface area contributed by atoms with E-state index in [1.807, 2.05) is 90.9 Å². The number of sulfonamides is 1. The van der Waals surface area contributed by atoms with Gasteiger partial charge < -0.3 is 15.3 Å². The van der Waals surface area contributed by atoms with Gasteiger partial charge in [0.25, 0.3) is 27.5 Å². The quantitative estimate of drug-likeness (QED) is 0.0970. The molecule has 2 amide bonds. The Balaban J connectivity index is 0.00000567. The van der Waals surface area contributed by atoms with Crippen molar-refractivity contribution >= 4 is 70.7 Å². The van der Waals surface area contributed by atoms with Gasteiger partial charge in [-0.2, -0.15) is 0 Å². The first-order chi connectivity index (χ1) is 27.6. The van der Waals surface area contributed by atoms with Crippen molar-refractivity contribution in [3.63, 3.8) is 0 Å². The molecule has 1 aliphatic rings. The number of amides is 2. The van der Waals surface area contributed by atoms with E-state index in [9.17, 15) is 22.9 Å². The first kappa shape index (κ1) is 42.2. The first-order valence-corrected chi connectivity index (χ1v) is 22.0. The molecule has 0 unspecified atom stereocenters. The number of nitrogens with zero attached hydrogens (tertiary/aromatic N) is 4. The Morgan fingerprint density at radius 1 is 0.862 bits per heavy atom. The van der Waals surface area contributed by atoms with Crippen LogP contribution in [0.25, 0.3) is 10.2 Å². The zero-order chi connectivity index (χ0) is 39.9. The third-order valence-electron chi connectivity index (χ3n) is 9.95. The lowest BCUT2D eigenvalue weighted by Gasteiger charge is -2.29. The average Bonchev–Trinajstić information content (AvgIpc) is 3.83. The molecule has 7 rings (SSSR count). The summed E-state index contributed by atoms with van der Waals surface area (Å²) in [5.74, 6) is -1.10. The van der Waals surface area contributed by atoms with Crippen molar-refractivity contribution in [1.82, 2.24) is 19.6 Å². The Hall–Kier alpha value is -5.39. The molecule has 4 N–H and O–H groups in total. The molecule has 16 heteroatoms. The summed E-state index contributed by atoms with van der Waals surface area (Å²) < 4.78 is 30.5. The minimum absolute atomic E-state index is 0. The maximum atomic E-state index is 13.9. The van der Waals surface area contributed by atoms with Crippen LogP contribution in [0.4, 0.5) is 16.0 Å². The monoisotopic (exact) mass is 839 g/mol. The number of nitroso groups, excluding NO2 is 1. The van der Waals surface area contributed by atoms with Crippen molar-refractivity contribution in [1.29, 1.82) is 0 Å². The Morgan fingerprint density at radius 3 is 2.43 bits per heavy atom. The van der Waals surface area contributed by atoms with Crippen LogP contribution in [-0.4, -0.2) is 67.8 Å². The molecule has 0 spiro atoms. The molecule has 0 radical (unpaired) electrons. The lowest BCUT2D eigenvalue weighted by molar-refractivity contribution is -0.380. The van der Waals surface area contributed by atoms with Crippen LogP contribution in [0.2, 0.25) is 0 Å². The number of nitrogens with one attached hydrogen (secondary N) is 3. The molecule has 1 aliphatic heterocycles. The highest BCUT2D eigenvalue weighted by atomic mass is 32.2. The van der Waals surface area contributed by atoms with Crippen molar-refractivity contribution in [3.8, 4) is 0 Å². The van der Waals surface area contributed by atoms with E-state index in [0.29, 0.717) is 65.0 Å². The summed E-state index contributed by atoms with van der Waals surface area (Å²) in [6.07, 6.45) is 5.00. The standard InChI is InChI=1S/C42H43N7O5S3.H2O/c1-48(2)24-9-8-15-30-21-22-31(26-35(30)46-52)57(53,54)47-40(51)38-37(20-10-14-28-12-4-3-5-13-28)56-42(44-38)49-25-23-29-16-11-17-32(33(29)27-49)39(50)45-41-43-34-18-6-7-19-36(34)55-41;/h3-7,11-13,16-19,21-22,26H,8-10,14-15,20,23-25,27H2,1-2H3,(H,47,51)(H,43,45,50);1H2. The normalized spacial score (nSPS) is 12.6. The molecule has 0 atom stereocenters. The van der Waals surface area contributed by atoms with Crippen molar-refractivity contribution in [3.05, 3.63) is 134 Å². The summed E-state index contributed by atoms with van der Waals surface area (Å²) in [4.78, 5) is 53.4. The summed E-state index contributed by atoms with van der Waals surface area (Å²) in [6, 6.07) is 27.8. The zero-order valence-corrected chi connectivity index (χ0v) is 34.7. The summed E-state index contributed by atoms with van der Waals surface area (Å²) in [7, 11) is -0.370. The van der Waals surface area contributed by atoms with Crippen LogP contribution >= 0.6 is 22.7 Å². The number of aromatic nitrogens is 2. The molecule has 0 bridgehead atoms. The SMILES string of the molecule is CN(C)CCCCc1ccc(S(=O)(=O)NC(=O)c2nc(N3CCc4cccc(C(=O)Nc5nc6ccccc6s5)c4C3)sc2CCCc2ccccc2)cc1[NH+]=O.[OH-]. The van der Waals surface area contributed by atoms with Gasteiger partial charge in [0.15, 0.2) is 10.3 Å². The average molecular weight is 840 g/mol. The number of rotatable bonds is 16. The first-order valence-electron chi connectivity index (χ1n) is 18.9. The molecular formula is C42H45N7O6S3. The van der Waals surface area contributed by atoms with Crippen LogP contribution in [0.3, 0.4) is 0 Å². The van der Waals surface area contributed by atoms with Gasteiger partial charge in [0.05, 0.1) is 15.1 Å². The minimum atomic E-state index is -4.36. The molecule has 13 nitrogen and oxygen atoms in total. The van der Waals surface area contributed by atoms with Crippen LogP contribution in [0.15, 0.2) is 95.9 Å². The number of aryl methyl sites for hydroxylation is 3. The van der Waals surface area contributed by atoms with Crippen LogP contribution in [0.1, 0.15) is 67.2 Å². The number of unbranched alkanes of at least 4 members (excludes halogenated alkanes) is 1. The van der Waals surface area contributed by atoms with Crippen LogP contribution in [0, 0.1) is 4.91 Å². The molecule has 0 saturated carbocycles. The molecule has 58 heavy (non-hydrogen) atoms. The fraction of sp³-hybridized carbons (Fsp3) is 0.286. The van der Waals surface area contributed by atoms with Gasteiger partial charge in [-0.15, -0.1) is 11.3 Å². The predicted molar refractivity (Wildman–Crippen MR) is 228 cm³/mol. The molecule has 3 heterocycles. The summed E-state index contributed by atoms with van der Waals surface area (Å²) >= 11 is 2.78. The second-order valence-corrected chi connectivity index (χ2v) is 18.1. The fourth-order valence-corrected chi connectivity index (χ4v) is 9.94. The number of benzene rings is 4. The Bertz CT molecular complexity index is 2490. The smallest absolute Gasteiger partial charge is 0.284 e. The largest absolute Gasteiger partial charge is 0.870 e. The summed E-state index contributed by atoms with van der Waals surface area (Å²) in [6.45, 7) is 1.88. The molecule has 2 aromatic heterocycles. The highest BCUT2D eigenvalue weighted by Gasteiger charge is 2.29. The fourth-order valence-electron chi connectivity index (χ4n) is 6.97. The highest BCUT2D eigenvalue weighted by Crippen LogP contribution is 2.34. The number of hydrogen-bond acceptors (Lipinski definition) is 12. The van der Waals surface area contributed by atoms with Gasteiger partial charge in [0.2, 0.25) is 0 Å². The van der Waals surface area contributed by atoms with E-state index in [2.05, 4.69) is 19.9 Å². The van der Waals surface area contributed by atoms with Gasteiger partial charge in [0, 0.05) is 45.2 Å². The van der Waals surface area contributed by atoms with Gasteiger partial charge in [-0.1, -0.05) is 72.0 Å². The minimum Gasteiger partial charge on any atom is -0.870 e. The van der Waals surface area contributed by atoms with Crippen molar-refractivity contribution in [2.24, 2.45) is 0 Å². The predicted octanol–water partition coefficient (Wildman–Crippen LogP) is 6.05. The maximum Gasteiger partial charge on any atom is 0.284 e. The number of fused-ring (bicyclic) bond motifs is 2. The third-order valence-corrected chi connectivity index (χ3v) is 13.4. The number of anilines is 2. The van der Waals surface area contributed by atoms with Gasteiger partial charge in [-0.25, -0.2) is 23.1 Å². The van der Waals surface area contributed by atoms with Gasteiger partial charge in [-0.3, -0.25) is 14.9 Å². The number of hydrogen-bond donors (Lipinski definition) is 3. The molecule has 0 saturated heterocycles. The number of carbonyl (C=O) groups excluding carboxylic acids is 2. The summed E-state index contributed by atoms with van der Waals surface area (Å²) in [5.41, 5.74) is 5.33. The molecule has 0 aliphatic carbocycles. The van der Waals surface area contributed by atoms with Crippen LogP contribution in [-0.2, 0) is 42.3 Å². The molecule has 4 aromatic carbocycles. The van der Waals surface area contributed by atoms with Crippen molar-refractivity contribution in [2.75, 3.05) is 37.4 Å². The van der Waals surface area contributed by atoms with E-state index in [-0.39, 0.29) is 27.7 Å². The number of carbonyl (C=O) groups is 2. The van der Waals surface area contributed by atoms with E-state index in [0.717, 1.165) is 52.7 Å². The van der Waals surface area contributed by atoms with E-state index >= 15 is 0 Å². The van der Waals surface area contributed by atoms with Crippen LogP contribution < -0.4 is 20.1 Å². The lowest BCUT2D eigenvalue weighted by Crippen LogP contribution is -2.56. The van der Waals surface area contributed by atoms with Gasteiger partial charge in [0.1, 0.15) is 5.69 Å². The second kappa shape index (κ2) is 18.9. The van der Waals surface area contributed by atoms with E-state index in [1.165, 1.54) is 34.8 Å². The van der Waals surface area contributed by atoms with E-state index in [1.54, 1.807) is 12.1 Å². The Labute approximate surface area is 345 Å². The number of para-hydroxylation sites is 1. The lowest BCUT2D eigenvalue weighted by atomic mass is 9.94. The topological polar surface area (TPSA) is 186 Å². The molecule has 0 fully saturated rings. The Kier molecular flexibility index (Phi) is 13.8. The Morgan fingerprint density at radius 2 is 1.66 bits per heavy atom. The third kappa shape index (κ3) is 10.00. The van der Waals surface area contributed by atoms with Crippen molar-refractivity contribution < 1.29 is 28.7 Å². The second-order valence-electron chi connectivity index (χ2n) is 14.3. The van der Waals surface area contributed by atoms with Crippen LogP contribution in [0.5, 0.6) is 0 Å². The highest BCUT2D eigenvalue weighted by molar-refractivity contribution is 7.90. The number of thiazole rings is 2. The molecular weight excluding hydrogens is 795 g/mol. The van der Waals surface area contributed by atoms with Crippen molar-refractivity contribution in [2.45, 2.75) is 56.4 Å². The molecule has 6 aromatic rings. The van der Waals surface area contributed by atoms with E-state index < -0.39 is 15.9 Å².